The SMILES string of the molecule is CC(Nc1c(F)c(F)cc(F)c1F)c1ccc(Cl)c(Cl)c1. The maximum atomic E-state index is 13.6. The van der Waals surface area contributed by atoms with E-state index in [4.69, 9.17) is 23.2 Å². The number of hydrogen-bond donors (Lipinski definition) is 1. The van der Waals surface area contributed by atoms with Gasteiger partial charge in [0.1, 0.15) is 5.69 Å². The third kappa shape index (κ3) is 3.24. The van der Waals surface area contributed by atoms with Crippen molar-refractivity contribution in [1.82, 2.24) is 0 Å². The standard InChI is InChI=1S/C14H9Cl2F4N/c1-6(7-2-3-8(15)9(16)4-7)21-14-12(19)10(17)5-11(18)13(14)20/h2-6,21H,1H3. The molecule has 1 nitrogen and oxygen atoms in total. The average molecular weight is 338 g/mol. The highest BCUT2D eigenvalue weighted by Gasteiger charge is 2.21. The smallest absolute Gasteiger partial charge is 0.185 e. The van der Waals surface area contributed by atoms with Gasteiger partial charge in [-0.2, -0.15) is 0 Å². The maximum Gasteiger partial charge on any atom is 0.185 e. The van der Waals surface area contributed by atoms with Gasteiger partial charge in [-0.15, -0.1) is 0 Å². The summed E-state index contributed by atoms with van der Waals surface area (Å²) < 4.78 is 53.4. The van der Waals surface area contributed by atoms with Crippen LogP contribution < -0.4 is 5.32 Å². The van der Waals surface area contributed by atoms with Crippen LogP contribution in [-0.4, -0.2) is 0 Å². The van der Waals surface area contributed by atoms with E-state index < -0.39 is 35.0 Å². The van der Waals surface area contributed by atoms with Crippen LogP contribution in [0, 0.1) is 23.3 Å². The van der Waals surface area contributed by atoms with Crippen molar-refractivity contribution in [2.75, 3.05) is 5.32 Å². The van der Waals surface area contributed by atoms with Crippen molar-refractivity contribution in [2.45, 2.75) is 13.0 Å². The van der Waals surface area contributed by atoms with Gasteiger partial charge >= 0.3 is 0 Å². The van der Waals surface area contributed by atoms with Crippen LogP contribution >= 0.6 is 23.2 Å². The van der Waals surface area contributed by atoms with Crippen LogP contribution in [0.1, 0.15) is 18.5 Å². The van der Waals surface area contributed by atoms with Gasteiger partial charge in [-0.25, -0.2) is 17.6 Å². The Balaban J connectivity index is 2.35. The highest BCUT2D eigenvalue weighted by Crippen LogP contribution is 2.30. The van der Waals surface area contributed by atoms with Crippen molar-refractivity contribution in [3.8, 4) is 0 Å². The molecule has 0 radical (unpaired) electrons. The van der Waals surface area contributed by atoms with Crippen molar-refractivity contribution in [2.24, 2.45) is 0 Å². The van der Waals surface area contributed by atoms with E-state index >= 15 is 0 Å². The van der Waals surface area contributed by atoms with Gasteiger partial charge < -0.3 is 5.32 Å². The summed E-state index contributed by atoms with van der Waals surface area (Å²) in [5.74, 6) is -5.92. The van der Waals surface area contributed by atoms with Crippen LogP contribution in [0.25, 0.3) is 0 Å². The zero-order valence-electron chi connectivity index (χ0n) is 10.7. The Morgan fingerprint density at radius 3 is 2.00 bits per heavy atom. The zero-order chi connectivity index (χ0) is 15.7. The molecular formula is C14H9Cl2F4N. The minimum absolute atomic E-state index is 0.152. The van der Waals surface area contributed by atoms with Gasteiger partial charge in [0.2, 0.25) is 0 Å². The normalized spacial score (nSPS) is 12.3. The first-order chi connectivity index (χ1) is 9.81. The summed E-state index contributed by atoms with van der Waals surface area (Å²) in [6.45, 7) is 1.56. The van der Waals surface area contributed by atoms with Crippen molar-refractivity contribution >= 4 is 28.9 Å². The molecule has 1 unspecified atom stereocenters. The van der Waals surface area contributed by atoms with Crippen molar-refractivity contribution < 1.29 is 17.6 Å². The molecule has 2 aromatic carbocycles. The summed E-state index contributed by atoms with van der Waals surface area (Å²) in [4.78, 5) is 0. The molecule has 7 heteroatoms. The predicted octanol–water partition coefficient (Wildman–Crippen LogP) is 5.72. The van der Waals surface area contributed by atoms with Crippen molar-refractivity contribution in [3.63, 3.8) is 0 Å². The molecule has 0 aromatic heterocycles. The quantitative estimate of drug-likeness (QED) is 0.557. The van der Waals surface area contributed by atoms with Crippen LogP contribution in [0.2, 0.25) is 10.0 Å². The third-order valence-electron chi connectivity index (χ3n) is 2.92. The molecule has 0 aliphatic carbocycles. The molecule has 0 saturated heterocycles. The summed E-state index contributed by atoms with van der Waals surface area (Å²) >= 11 is 11.6. The molecule has 0 aliphatic rings. The Bertz CT molecular complexity index is 665. The van der Waals surface area contributed by atoms with Crippen molar-refractivity contribution in [3.05, 3.63) is 63.1 Å². The number of anilines is 1. The van der Waals surface area contributed by atoms with Gasteiger partial charge in [-0.1, -0.05) is 29.3 Å². The Morgan fingerprint density at radius 2 is 1.48 bits per heavy atom. The fourth-order valence-electron chi connectivity index (χ4n) is 1.78. The van der Waals surface area contributed by atoms with Gasteiger partial charge in [-0.3, -0.25) is 0 Å². The molecule has 0 heterocycles. The van der Waals surface area contributed by atoms with Gasteiger partial charge in [0.05, 0.1) is 10.0 Å². The number of nitrogens with one attached hydrogen (secondary N) is 1. The Morgan fingerprint density at radius 1 is 0.905 bits per heavy atom. The largest absolute Gasteiger partial charge is 0.374 e. The Hall–Kier alpha value is -1.46. The fourth-order valence-corrected chi connectivity index (χ4v) is 2.09. The van der Waals surface area contributed by atoms with Gasteiger partial charge in [0.25, 0.3) is 0 Å². The summed E-state index contributed by atoms with van der Waals surface area (Å²) in [7, 11) is 0. The molecule has 0 aliphatic heterocycles. The molecule has 2 aromatic rings. The summed E-state index contributed by atoms with van der Waals surface area (Å²) in [6.07, 6.45) is 0. The zero-order valence-corrected chi connectivity index (χ0v) is 12.2. The number of benzene rings is 2. The molecule has 1 atom stereocenters. The van der Waals surface area contributed by atoms with E-state index in [1.165, 1.54) is 12.1 Å². The summed E-state index contributed by atoms with van der Waals surface area (Å²) in [5.41, 5.74) is -0.320. The average Bonchev–Trinajstić information content (AvgIpc) is 2.44. The van der Waals surface area contributed by atoms with E-state index in [1.807, 2.05) is 0 Å². The molecule has 0 bridgehead atoms. The van der Waals surface area contributed by atoms with Crippen LogP contribution in [-0.2, 0) is 0 Å². The van der Waals surface area contributed by atoms with E-state index in [0.29, 0.717) is 10.6 Å². The van der Waals surface area contributed by atoms with E-state index in [2.05, 4.69) is 5.32 Å². The molecule has 112 valence electrons. The second-order valence-corrected chi connectivity index (χ2v) is 5.20. The van der Waals surface area contributed by atoms with E-state index in [1.54, 1.807) is 13.0 Å². The minimum atomic E-state index is -1.49. The highest BCUT2D eigenvalue weighted by atomic mass is 35.5. The minimum Gasteiger partial charge on any atom is -0.374 e. The monoisotopic (exact) mass is 337 g/mol. The molecule has 0 amide bonds. The van der Waals surface area contributed by atoms with Gasteiger partial charge in [0.15, 0.2) is 23.3 Å². The molecule has 0 fully saturated rings. The van der Waals surface area contributed by atoms with Crippen LogP contribution in [0.4, 0.5) is 23.2 Å². The number of hydrogen-bond acceptors (Lipinski definition) is 1. The molecule has 21 heavy (non-hydrogen) atoms. The molecular weight excluding hydrogens is 329 g/mol. The van der Waals surface area contributed by atoms with Gasteiger partial charge in [-0.05, 0) is 24.6 Å². The van der Waals surface area contributed by atoms with Gasteiger partial charge in [0, 0.05) is 12.1 Å². The first kappa shape index (κ1) is 15.9. The van der Waals surface area contributed by atoms with E-state index in [9.17, 15) is 17.6 Å². The van der Waals surface area contributed by atoms with Crippen LogP contribution in [0.15, 0.2) is 24.3 Å². The lowest BCUT2D eigenvalue weighted by atomic mass is 10.1. The second kappa shape index (κ2) is 6.12. The topological polar surface area (TPSA) is 12.0 Å². The predicted molar refractivity (Wildman–Crippen MR) is 74.8 cm³/mol. The lowest BCUT2D eigenvalue weighted by Crippen LogP contribution is -2.11. The number of rotatable bonds is 3. The lowest BCUT2D eigenvalue weighted by molar-refractivity contribution is 0.457. The molecule has 1 N–H and O–H groups in total. The van der Waals surface area contributed by atoms with E-state index in [0.717, 1.165) is 0 Å². The first-order valence-electron chi connectivity index (χ1n) is 5.85. The fraction of sp³-hybridized carbons (Fsp3) is 0.143. The highest BCUT2D eigenvalue weighted by molar-refractivity contribution is 6.42. The summed E-state index contributed by atoms with van der Waals surface area (Å²) in [6, 6.07) is 4.09. The Labute approximate surface area is 128 Å². The molecule has 0 spiro atoms. The van der Waals surface area contributed by atoms with Crippen LogP contribution in [0.3, 0.4) is 0 Å². The maximum absolute atomic E-state index is 13.6. The van der Waals surface area contributed by atoms with Crippen LogP contribution in [0.5, 0.6) is 0 Å². The summed E-state index contributed by atoms with van der Waals surface area (Å²) in [5, 5.41) is 2.97. The third-order valence-corrected chi connectivity index (χ3v) is 3.66. The number of halogens is 6. The lowest BCUT2D eigenvalue weighted by Gasteiger charge is -2.17. The first-order valence-corrected chi connectivity index (χ1v) is 6.61. The second-order valence-electron chi connectivity index (χ2n) is 4.38. The Kier molecular flexibility index (Phi) is 4.64. The molecule has 0 saturated carbocycles. The van der Waals surface area contributed by atoms with E-state index in [-0.39, 0.29) is 11.1 Å². The molecule has 2 rings (SSSR count). The van der Waals surface area contributed by atoms with Crippen molar-refractivity contribution in [1.29, 1.82) is 0 Å².